The summed E-state index contributed by atoms with van der Waals surface area (Å²) in [5.74, 6) is 0.792. The third kappa shape index (κ3) is 4.43. The van der Waals surface area contributed by atoms with E-state index in [1.54, 1.807) is 4.90 Å². The molecule has 2 aromatic rings. The molecule has 0 aromatic heterocycles. The van der Waals surface area contributed by atoms with Gasteiger partial charge in [0, 0.05) is 38.3 Å². The second kappa shape index (κ2) is 8.66. The monoisotopic (exact) mass is 393 g/mol. The maximum Gasteiger partial charge on any atom is 0.261 e. The molecule has 2 saturated heterocycles. The van der Waals surface area contributed by atoms with Crippen molar-refractivity contribution in [1.29, 1.82) is 0 Å². The van der Waals surface area contributed by atoms with Crippen molar-refractivity contribution in [2.24, 2.45) is 0 Å². The lowest BCUT2D eigenvalue weighted by Crippen LogP contribution is -2.50. The van der Waals surface area contributed by atoms with Crippen LogP contribution in [0.1, 0.15) is 24.4 Å². The molecule has 2 aliphatic rings. The number of amides is 2. The van der Waals surface area contributed by atoms with Crippen LogP contribution in [-0.4, -0.2) is 61.4 Å². The molecular formula is C23H27N3O3. The number of hydrogen-bond acceptors (Lipinski definition) is 4. The van der Waals surface area contributed by atoms with Gasteiger partial charge in [0.25, 0.3) is 5.91 Å². The van der Waals surface area contributed by atoms with Crippen LogP contribution in [-0.2, 0) is 9.59 Å². The molecule has 2 aliphatic heterocycles. The summed E-state index contributed by atoms with van der Waals surface area (Å²) in [5, 5.41) is 0. The van der Waals surface area contributed by atoms with Gasteiger partial charge in [-0.05, 0) is 43.3 Å². The average molecular weight is 393 g/mol. The lowest BCUT2D eigenvalue weighted by Gasteiger charge is -2.40. The Kier molecular flexibility index (Phi) is 5.81. The van der Waals surface area contributed by atoms with Gasteiger partial charge in [-0.15, -0.1) is 0 Å². The van der Waals surface area contributed by atoms with Gasteiger partial charge in [-0.1, -0.05) is 30.3 Å². The van der Waals surface area contributed by atoms with E-state index >= 15 is 0 Å². The highest BCUT2D eigenvalue weighted by molar-refractivity contribution is 5.95. The zero-order valence-electron chi connectivity index (χ0n) is 16.8. The first kappa shape index (κ1) is 19.5. The van der Waals surface area contributed by atoms with Gasteiger partial charge >= 0.3 is 0 Å². The minimum atomic E-state index is -0.00856. The molecule has 152 valence electrons. The highest BCUT2D eigenvalue weighted by Crippen LogP contribution is 2.26. The standard InChI is InChI=1S/C23H27N3O3/c1-24-14-15-26(21(16-24)18-6-3-2-4-7-18)23(28)17-29-20-11-9-19(10-12-20)25-13-5-8-22(25)27/h2-4,6-7,9-12,21H,5,8,13-17H2,1H3. The first-order chi connectivity index (χ1) is 14.1. The molecule has 2 heterocycles. The van der Waals surface area contributed by atoms with Gasteiger partial charge in [-0.25, -0.2) is 0 Å². The molecule has 0 saturated carbocycles. The first-order valence-corrected chi connectivity index (χ1v) is 10.2. The average Bonchev–Trinajstić information content (AvgIpc) is 3.19. The molecular weight excluding hydrogens is 366 g/mol. The van der Waals surface area contributed by atoms with E-state index in [1.165, 1.54) is 0 Å². The predicted molar refractivity (Wildman–Crippen MR) is 112 cm³/mol. The van der Waals surface area contributed by atoms with Crippen LogP contribution < -0.4 is 9.64 Å². The quantitative estimate of drug-likeness (QED) is 0.784. The maximum atomic E-state index is 12.9. The summed E-state index contributed by atoms with van der Waals surface area (Å²) in [5.41, 5.74) is 2.03. The molecule has 0 bridgehead atoms. The second-order valence-electron chi connectivity index (χ2n) is 7.71. The lowest BCUT2D eigenvalue weighted by molar-refractivity contribution is -0.138. The Labute approximate surface area is 171 Å². The number of ether oxygens (including phenoxy) is 1. The van der Waals surface area contributed by atoms with E-state index in [0.29, 0.717) is 18.7 Å². The van der Waals surface area contributed by atoms with Gasteiger partial charge in [-0.2, -0.15) is 0 Å². The van der Waals surface area contributed by atoms with Crippen molar-refractivity contribution >= 4 is 17.5 Å². The van der Waals surface area contributed by atoms with E-state index in [2.05, 4.69) is 24.1 Å². The van der Waals surface area contributed by atoms with Crippen molar-refractivity contribution in [2.75, 3.05) is 44.7 Å². The normalized spacial score (nSPS) is 20.2. The molecule has 1 unspecified atom stereocenters. The number of piperazine rings is 1. The zero-order valence-corrected chi connectivity index (χ0v) is 16.8. The maximum absolute atomic E-state index is 12.9. The van der Waals surface area contributed by atoms with Crippen molar-refractivity contribution in [3.63, 3.8) is 0 Å². The number of carbonyl (C=O) groups is 2. The smallest absolute Gasteiger partial charge is 0.261 e. The van der Waals surface area contributed by atoms with Crippen molar-refractivity contribution in [3.8, 4) is 5.75 Å². The fourth-order valence-corrected chi connectivity index (χ4v) is 4.05. The molecule has 4 rings (SSSR count). The first-order valence-electron chi connectivity index (χ1n) is 10.2. The summed E-state index contributed by atoms with van der Waals surface area (Å²) in [6.45, 7) is 3.13. The number of carbonyl (C=O) groups excluding carboxylic acids is 2. The number of nitrogens with zero attached hydrogens (tertiary/aromatic N) is 3. The van der Waals surface area contributed by atoms with Gasteiger partial charge in [0.1, 0.15) is 5.75 Å². The highest BCUT2D eigenvalue weighted by Gasteiger charge is 2.30. The molecule has 0 N–H and O–H groups in total. The molecule has 29 heavy (non-hydrogen) atoms. The molecule has 0 aliphatic carbocycles. The molecule has 6 nitrogen and oxygen atoms in total. The molecule has 0 radical (unpaired) electrons. The minimum Gasteiger partial charge on any atom is -0.484 e. The summed E-state index contributed by atoms with van der Waals surface area (Å²) in [4.78, 5) is 30.7. The van der Waals surface area contributed by atoms with Crippen LogP contribution in [0.4, 0.5) is 5.69 Å². The van der Waals surface area contributed by atoms with E-state index in [9.17, 15) is 9.59 Å². The fraction of sp³-hybridized carbons (Fsp3) is 0.391. The zero-order chi connectivity index (χ0) is 20.2. The molecule has 2 fully saturated rings. The predicted octanol–water partition coefficient (Wildman–Crippen LogP) is 2.71. The van der Waals surface area contributed by atoms with Gasteiger partial charge < -0.3 is 19.4 Å². The summed E-state index contributed by atoms with van der Waals surface area (Å²) >= 11 is 0. The number of benzene rings is 2. The van der Waals surface area contributed by atoms with Gasteiger partial charge in [0.2, 0.25) is 5.91 Å². The Hall–Kier alpha value is -2.86. The van der Waals surface area contributed by atoms with Crippen LogP contribution in [0.3, 0.4) is 0 Å². The van der Waals surface area contributed by atoms with Crippen molar-refractivity contribution in [1.82, 2.24) is 9.80 Å². The Bertz CT molecular complexity index is 853. The van der Waals surface area contributed by atoms with Crippen molar-refractivity contribution < 1.29 is 14.3 Å². The Balaban J connectivity index is 1.38. The molecule has 2 amide bonds. The largest absolute Gasteiger partial charge is 0.484 e. The SMILES string of the molecule is CN1CCN(C(=O)COc2ccc(N3CCCC3=O)cc2)C(c2ccccc2)C1. The Morgan fingerprint density at radius 3 is 2.48 bits per heavy atom. The summed E-state index contributed by atoms with van der Waals surface area (Å²) < 4.78 is 5.77. The van der Waals surface area contributed by atoms with E-state index in [4.69, 9.17) is 4.74 Å². The number of hydrogen-bond donors (Lipinski definition) is 0. The van der Waals surface area contributed by atoms with Crippen LogP contribution in [0.2, 0.25) is 0 Å². The molecule has 0 spiro atoms. The van der Waals surface area contributed by atoms with Crippen LogP contribution in [0.5, 0.6) is 5.75 Å². The summed E-state index contributed by atoms with van der Waals surface area (Å²) in [7, 11) is 2.08. The van der Waals surface area contributed by atoms with Crippen LogP contribution >= 0.6 is 0 Å². The van der Waals surface area contributed by atoms with E-state index < -0.39 is 0 Å². The van der Waals surface area contributed by atoms with E-state index in [1.807, 2.05) is 47.4 Å². The number of anilines is 1. The lowest BCUT2D eigenvalue weighted by atomic mass is 10.0. The van der Waals surface area contributed by atoms with Crippen molar-refractivity contribution in [3.05, 3.63) is 60.2 Å². The van der Waals surface area contributed by atoms with Gasteiger partial charge in [-0.3, -0.25) is 9.59 Å². The second-order valence-corrected chi connectivity index (χ2v) is 7.71. The molecule has 2 aromatic carbocycles. The Morgan fingerprint density at radius 1 is 1.03 bits per heavy atom. The molecule has 1 atom stereocenters. The topological polar surface area (TPSA) is 53.1 Å². The molecule has 6 heteroatoms. The Morgan fingerprint density at radius 2 is 1.79 bits per heavy atom. The summed E-state index contributed by atoms with van der Waals surface area (Å²) in [6.07, 6.45) is 1.51. The number of rotatable bonds is 5. The summed E-state index contributed by atoms with van der Waals surface area (Å²) in [6, 6.07) is 17.6. The minimum absolute atomic E-state index is 0.00856. The van der Waals surface area contributed by atoms with Gasteiger partial charge in [0.05, 0.1) is 6.04 Å². The van der Waals surface area contributed by atoms with Crippen LogP contribution in [0, 0.1) is 0 Å². The van der Waals surface area contributed by atoms with Crippen LogP contribution in [0.15, 0.2) is 54.6 Å². The van der Waals surface area contributed by atoms with E-state index in [0.717, 1.165) is 37.3 Å². The third-order valence-electron chi connectivity index (χ3n) is 5.67. The van der Waals surface area contributed by atoms with Crippen molar-refractivity contribution in [2.45, 2.75) is 18.9 Å². The number of likely N-dealkylation sites (N-methyl/N-ethyl adjacent to an activating group) is 1. The fourth-order valence-electron chi connectivity index (χ4n) is 4.05. The third-order valence-corrected chi connectivity index (χ3v) is 5.67. The highest BCUT2D eigenvalue weighted by atomic mass is 16.5. The van der Waals surface area contributed by atoms with Crippen LogP contribution in [0.25, 0.3) is 0 Å². The van der Waals surface area contributed by atoms with Gasteiger partial charge in [0.15, 0.2) is 6.61 Å². The van der Waals surface area contributed by atoms with E-state index in [-0.39, 0.29) is 24.5 Å².